The lowest BCUT2D eigenvalue weighted by atomic mass is 10.1. The molecule has 0 atom stereocenters. The molecule has 0 aliphatic carbocycles. The number of benzene rings is 1. The molecule has 0 heterocycles. The molecular weight excluding hydrogens is 268 g/mol. The number of ether oxygens (including phenoxy) is 2. The van der Waals surface area contributed by atoms with E-state index in [2.05, 4.69) is 10.6 Å². The molecule has 0 aliphatic heterocycles. The van der Waals surface area contributed by atoms with E-state index >= 15 is 0 Å². The van der Waals surface area contributed by atoms with Gasteiger partial charge < -0.3 is 20.1 Å². The van der Waals surface area contributed by atoms with E-state index in [4.69, 9.17) is 9.47 Å². The molecule has 2 amide bonds. The maximum Gasteiger partial charge on any atom is 0.315 e. The highest BCUT2D eigenvalue weighted by atomic mass is 16.5. The van der Waals surface area contributed by atoms with Crippen LogP contribution >= 0.6 is 0 Å². The molecule has 0 radical (unpaired) electrons. The second-order valence-electron chi connectivity index (χ2n) is 5.80. The molecule has 0 saturated heterocycles. The summed E-state index contributed by atoms with van der Waals surface area (Å²) in [6, 6.07) is 5.67. The van der Waals surface area contributed by atoms with Crippen molar-refractivity contribution in [3.8, 4) is 11.5 Å². The van der Waals surface area contributed by atoms with Gasteiger partial charge in [0.15, 0.2) is 11.5 Å². The first-order chi connectivity index (χ1) is 9.85. The molecule has 21 heavy (non-hydrogen) atoms. The summed E-state index contributed by atoms with van der Waals surface area (Å²) in [6.45, 7) is 8.95. The lowest BCUT2D eigenvalue weighted by Crippen LogP contribution is -2.46. The zero-order valence-electron chi connectivity index (χ0n) is 13.6. The van der Waals surface area contributed by atoms with Crippen LogP contribution in [0.4, 0.5) is 4.79 Å². The van der Waals surface area contributed by atoms with Crippen LogP contribution in [0.2, 0.25) is 0 Å². The van der Waals surface area contributed by atoms with Crippen LogP contribution in [0.15, 0.2) is 18.2 Å². The number of methoxy groups -OCH3 is 1. The monoisotopic (exact) mass is 294 g/mol. The van der Waals surface area contributed by atoms with Crippen LogP contribution in [0.5, 0.6) is 11.5 Å². The van der Waals surface area contributed by atoms with E-state index in [1.165, 1.54) is 0 Å². The summed E-state index contributed by atoms with van der Waals surface area (Å²) in [5.41, 5.74) is 0.860. The summed E-state index contributed by atoms with van der Waals surface area (Å²) in [7, 11) is 1.62. The van der Waals surface area contributed by atoms with E-state index < -0.39 is 0 Å². The highest BCUT2D eigenvalue weighted by molar-refractivity contribution is 5.74. The standard InChI is InChI=1S/C16H26N2O3/c1-6-21-13-8-7-12(11-14(13)20-5)9-10-17-15(19)18-16(2,3)4/h7-8,11H,6,9-10H2,1-5H3,(H2,17,18,19). The van der Waals surface area contributed by atoms with Crippen LogP contribution in [-0.2, 0) is 6.42 Å². The van der Waals surface area contributed by atoms with Crippen molar-refractivity contribution in [3.05, 3.63) is 23.8 Å². The number of amides is 2. The number of carbonyl (C=O) groups is 1. The molecule has 5 nitrogen and oxygen atoms in total. The summed E-state index contributed by atoms with van der Waals surface area (Å²) in [5, 5.41) is 5.70. The number of hydrogen-bond donors (Lipinski definition) is 2. The second-order valence-corrected chi connectivity index (χ2v) is 5.80. The van der Waals surface area contributed by atoms with Gasteiger partial charge in [-0.15, -0.1) is 0 Å². The minimum atomic E-state index is -0.230. The molecule has 0 saturated carbocycles. The van der Waals surface area contributed by atoms with E-state index in [0.717, 1.165) is 17.7 Å². The van der Waals surface area contributed by atoms with E-state index in [1.807, 2.05) is 45.9 Å². The summed E-state index contributed by atoms with van der Waals surface area (Å²) in [6.07, 6.45) is 0.736. The zero-order chi connectivity index (χ0) is 15.9. The predicted octanol–water partition coefficient (Wildman–Crippen LogP) is 2.73. The number of hydrogen-bond acceptors (Lipinski definition) is 3. The van der Waals surface area contributed by atoms with E-state index in [1.54, 1.807) is 7.11 Å². The van der Waals surface area contributed by atoms with Gasteiger partial charge in [0.05, 0.1) is 13.7 Å². The quantitative estimate of drug-likeness (QED) is 0.848. The first kappa shape index (κ1) is 17.1. The smallest absolute Gasteiger partial charge is 0.315 e. The van der Waals surface area contributed by atoms with Gasteiger partial charge in [0.1, 0.15) is 0 Å². The third-order valence-electron chi connectivity index (χ3n) is 2.72. The Morgan fingerprint density at radius 2 is 1.95 bits per heavy atom. The van der Waals surface area contributed by atoms with Crippen LogP contribution in [0, 0.1) is 0 Å². The number of urea groups is 1. The Kier molecular flexibility index (Phi) is 6.34. The Bertz CT molecular complexity index is 467. The Balaban J connectivity index is 2.50. The van der Waals surface area contributed by atoms with Gasteiger partial charge in [-0.25, -0.2) is 4.79 Å². The van der Waals surface area contributed by atoms with Gasteiger partial charge in [-0.1, -0.05) is 6.07 Å². The van der Waals surface area contributed by atoms with Gasteiger partial charge in [0.2, 0.25) is 0 Å². The molecule has 0 aromatic heterocycles. The Morgan fingerprint density at radius 3 is 2.52 bits per heavy atom. The molecule has 1 aromatic carbocycles. The Labute approximate surface area is 127 Å². The fraction of sp³-hybridized carbons (Fsp3) is 0.562. The van der Waals surface area contributed by atoms with Crippen LogP contribution in [0.3, 0.4) is 0 Å². The van der Waals surface area contributed by atoms with E-state index in [-0.39, 0.29) is 11.6 Å². The average molecular weight is 294 g/mol. The predicted molar refractivity (Wildman–Crippen MR) is 84.2 cm³/mol. The van der Waals surface area contributed by atoms with Crippen molar-refractivity contribution < 1.29 is 14.3 Å². The van der Waals surface area contributed by atoms with Gasteiger partial charge in [-0.2, -0.15) is 0 Å². The fourth-order valence-electron chi connectivity index (χ4n) is 1.85. The molecule has 2 N–H and O–H groups in total. The van der Waals surface area contributed by atoms with Crippen molar-refractivity contribution in [2.75, 3.05) is 20.3 Å². The van der Waals surface area contributed by atoms with Crippen LogP contribution in [-0.4, -0.2) is 31.8 Å². The number of carbonyl (C=O) groups excluding carboxylic acids is 1. The van der Waals surface area contributed by atoms with Gasteiger partial charge in [-0.05, 0) is 51.8 Å². The summed E-state index contributed by atoms with van der Waals surface area (Å²) in [4.78, 5) is 11.6. The van der Waals surface area contributed by atoms with Gasteiger partial charge >= 0.3 is 6.03 Å². The topological polar surface area (TPSA) is 59.6 Å². The Morgan fingerprint density at radius 1 is 1.24 bits per heavy atom. The third kappa shape index (κ3) is 6.38. The fourth-order valence-corrected chi connectivity index (χ4v) is 1.85. The maximum absolute atomic E-state index is 11.6. The minimum Gasteiger partial charge on any atom is -0.493 e. The van der Waals surface area contributed by atoms with Gasteiger partial charge in [-0.3, -0.25) is 0 Å². The van der Waals surface area contributed by atoms with Crippen molar-refractivity contribution in [2.24, 2.45) is 0 Å². The van der Waals surface area contributed by atoms with Gasteiger partial charge in [0, 0.05) is 12.1 Å². The van der Waals surface area contributed by atoms with Crippen molar-refractivity contribution in [3.63, 3.8) is 0 Å². The summed E-state index contributed by atoms with van der Waals surface area (Å²) < 4.78 is 10.8. The normalized spacial score (nSPS) is 10.9. The number of nitrogens with one attached hydrogen (secondary N) is 2. The highest BCUT2D eigenvalue weighted by Crippen LogP contribution is 2.28. The van der Waals surface area contributed by atoms with Crippen LogP contribution in [0.25, 0.3) is 0 Å². The van der Waals surface area contributed by atoms with E-state index in [9.17, 15) is 4.79 Å². The molecule has 1 aromatic rings. The molecule has 5 heteroatoms. The largest absolute Gasteiger partial charge is 0.493 e. The zero-order valence-corrected chi connectivity index (χ0v) is 13.6. The molecule has 118 valence electrons. The van der Waals surface area contributed by atoms with Crippen LogP contribution in [0.1, 0.15) is 33.3 Å². The molecule has 0 fully saturated rings. The highest BCUT2D eigenvalue weighted by Gasteiger charge is 2.13. The molecule has 0 spiro atoms. The molecule has 0 unspecified atom stereocenters. The summed E-state index contributed by atoms with van der Waals surface area (Å²) in [5.74, 6) is 1.45. The first-order valence-corrected chi connectivity index (χ1v) is 7.21. The maximum atomic E-state index is 11.6. The number of rotatable bonds is 6. The Hall–Kier alpha value is -1.91. The van der Waals surface area contributed by atoms with Crippen molar-refractivity contribution in [1.82, 2.24) is 10.6 Å². The van der Waals surface area contributed by atoms with E-state index in [0.29, 0.717) is 18.9 Å². The molecule has 0 bridgehead atoms. The SMILES string of the molecule is CCOc1ccc(CCNC(=O)NC(C)(C)C)cc1OC. The summed E-state index contributed by atoms with van der Waals surface area (Å²) >= 11 is 0. The third-order valence-corrected chi connectivity index (χ3v) is 2.72. The molecule has 0 aliphatic rings. The van der Waals surface area contributed by atoms with Crippen molar-refractivity contribution in [2.45, 2.75) is 39.7 Å². The van der Waals surface area contributed by atoms with Crippen LogP contribution < -0.4 is 20.1 Å². The first-order valence-electron chi connectivity index (χ1n) is 7.21. The van der Waals surface area contributed by atoms with Crippen molar-refractivity contribution >= 4 is 6.03 Å². The second kappa shape index (κ2) is 7.76. The average Bonchev–Trinajstić information content (AvgIpc) is 2.38. The lowest BCUT2D eigenvalue weighted by Gasteiger charge is -2.20. The van der Waals surface area contributed by atoms with Gasteiger partial charge in [0.25, 0.3) is 0 Å². The minimum absolute atomic E-state index is 0.152. The molecule has 1 rings (SSSR count). The molecular formula is C16H26N2O3. The van der Waals surface area contributed by atoms with Crippen molar-refractivity contribution in [1.29, 1.82) is 0 Å². The lowest BCUT2D eigenvalue weighted by molar-refractivity contribution is 0.232.